The summed E-state index contributed by atoms with van der Waals surface area (Å²) in [6, 6.07) is 0. The van der Waals surface area contributed by atoms with Crippen LogP contribution in [0.2, 0.25) is 0 Å². The second-order valence-corrected chi connectivity index (χ2v) is 4.56. The van der Waals surface area contributed by atoms with Crippen LogP contribution in [0.25, 0.3) is 0 Å². The molecule has 0 aromatic carbocycles. The molecule has 2 fully saturated rings. The van der Waals surface area contributed by atoms with Crippen molar-refractivity contribution >= 4 is 5.97 Å². The van der Waals surface area contributed by atoms with Crippen LogP contribution < -0.4 is 0 Å². The minimum Gasteiger partial charge on any atom is -0.480 e. The number of piperidine rings is 1. The number of likely N-dealkylation sites (tertiary alicyclic amines) is 2. The minimum absolute atomic E-state index is 0.560. The summed E-state index contributed by atoms with van der Waals surface area (Å²) in [6.45, 7) is 3.28. The molecule has 80 valence electrons. The molecule has 0 spiro atoms. The first-order chi connectivity index (χ1) is 6.65. The summed E-state index contributed by atoms with van der Waals surface area (Å²) in [5.74, 6) is -0.641. The average Bonchev–Trinajstić information content (AvgIpc) is 2.13. The summed E-state index contributed by atoms with van der Waals surface area (Å²) in [4.78, 5) is 15.5. The van der Waals surface area contributed by atoms with Gasteiger partial charge in [-0.15, -0.1) is 0 Å². The second-order valence-electron chi connectivity index (χ2n) is 4.56. The molecule has 2 rings (SSSR count). The highest BCUT2D eigenvalue weighted by Crippen LogP contribution is 2.29. The monoisotopic (exact) mass is 198 g/mol. The van der Waals surface area contributed by atoms with Gasteiger partial charge < -0.3 is 10.0 Å². The van der Waals surface area contributed by atoms with Gasteiger partial charge in [0.05, 0.1) is 0 Å². The van der Waals surface area contributed by atoms with Crippen molar-refractivity contribution in [2.75, 3.05) is 33.2 Å². The van der Waals surface area contributed by atoms with Gasteiger partial charge in [-0.05, 0) is 33.0 Å². The molecule has 4 nitrogen and oxygen atoms in total. The van der Waals surface area contributed by atoms with Crippen molar-refractivity contribution in [1.29, 1.82) is 0 Å². The molecule has 2 heterocycles. The van der Waals surface area contributed by atoms with Gasteiger partial charge in [-0.1, -0.05) is 6.42 Å². The van der Waals surface area contributed by atoms with Gasteiger partial charge in [0.15, 0.2) is 0 Å². The summed E-state index contributed by atoms with van der Waals surface area (Å²) in [7, 11) is 1.98. The zero-order valence-corrected chi connectivity index (χ0v) is 8.70. The number of aliphatic carboxylic acids is 1. The van der Waals surface area contributed by atoms with E-state index in [-0.39, 0.29) is 0 Å². The molecule has 0 radical (unpaired) electrons. The molecule has 0 atom stereocenters. The Morgan fingerprint density at radius 2 is 1.79 bits per heavy atom. The normalized spacial score (nSPS) is 28.4. The van der Waals surface area contributed by atoms with Crippen LogP contribution in [0.4, 0.5) is 0 Å². The first-order valence-corrected chi connectivity index (χ1v) is 5.32. The Kier molecular flexibility index (Phi) is 2.49. The standard InChI is InChI=1S/C10H18N2O2/c1-11-7-10(8-11,9(13)14)12-5-3-2-4-6-12/h2-8H2,1H3,(H,13,14). The summed E-state index contributed by atoms with van der Waals surface area (Å²) in [6.07, 6.45) is 3.56. The van der Waals surface area contributed by atoms with Gasteiger partial charge in [0, 0.05) is 13.1 Å². The molecule has 0 amide bonds. The van der Waals surface area contributed by atoms with E-state index < -0.39 is 11.5 Å². The first kappa shape index (κ1) is 9.93. The maximum atomic E-state index is 11.3. The quantitative estimate of drug-likeness (QED) is 0.690. The van der Waals surface area contributed by atoms with Gasteiger partial charge >= 0.3 is 5.97 Å². The third-order valence-electron chi connectivity index (χ3n) is 3.42. The van der Waals surface area contributed by atoms with Crippen LogP contribution in [0.15, 0.2) is 0 Å². The van der Waals surface area contributed by atoms with Gasteiger partial charge in [0.2, 0.25) is 0 Å². The van der Waals surface area contributed by atoms with Gasteiger partial charge in [-0.3, -0.25) is 9.69 Å². The van der Waals surface area contributed by atoms with Gasteiger partial charge in [0.25, 0.3) is 0 Å². The Bertz CT molecular complexity index is 230. The molecule has 0 saturated carbocycles. The van der Waals surface area contributed by atoms with Crippen molar-refractivity contribution < 1.29 is 9.90 Å². The molecule has 14 heavy (non-hydrogen) atoms. The Labute approximate surface area is 84.5 Å². The smallest absolute Gasteiger partial charge is 0.326 e. The van der Waals surface area contributed by atoms with E-state index in [2.05, 4.69) is 9.80 Å². The predicted molar refractivity (Wildman–Crippen MR) is 53.3 cm³/mol. The Morgan fingerprint density at radius 1 is 1.21 bits per heavy atom. The highest BCUT2D eigenvalue weighted by Gasteiger charge is 2.52. The second kappa shape index (κ2) is 3.51. The third kappa shape index (κ3) is 1.42. The molecule has 2 saturated heterocycles. The van der Waals surface area contributed by atoms with Gasteiger partial charge in [0.1, 0.15) is 5.54 Å². The maximum Gasteiger partial charge on any atom is 0.326 e. The molecule has 0 aromatic heterocycles. The van der Waals surface area contributed by atoms with Crippen LogP contribution >= 0.6 is 0 Å². The molecule has 2 aliphatic rings. The number of hydrogen-bond acceptors (Lipinski definition) is 3. The lowest BCUT2D eigenvalue weighted by molar-refractivity contribution is -0.165. The molecule has 0 bridgehead atoms. The number of carboxylic acid groups (broad SMARTS) is 1. The van der Waals surface area contributed by atoms with E-state index in [1.807, 2.05) is 7.05 Å². The fourth-order valence-corrected chi connectivity index (χ4v) is 2.64. The van der Waals surface area contributed by atoms with E-state index in [0.717, 1.165) is 25.9 Å². The van der Waals surface area contributed by atoms with Crippen LogP contribution in [0, 0.1) is 0 Å². The molecule has 0 aliphatic carbocycles. The Balaban J connectivity index is 2.07. The molecule has 4 heteroatoms. The summed E-state index contributed by atoms with van der Waals surface area (Å²) < 4.78 is 0. The lowest BCUT2D eigenvalue weighted by Gasteiger charge is -2.52. The maximum absolute atomic E-state index is 11.3. The van der Waals surface area contributed by atoms with E-state index in [0.29, 0.717) is 13.1 Å². The molecule has 0 unspecified atom stereocenters. The van der Waals surface area contributed by atoms with E-state index in [1.54, 1.807) is 0 Å². The summed E-state index contributed by atoms with van der Waals surface area (Å²) in [5.41, 5.74) is -0.560. The fourth-order valence-electron chi connectivity index (χ4n) is 2.64. The predicted octanol–water partition coefficient (Wildman–Crippen LogP) is 0.241. The topological polar surface area (TPSA) is 43.8 Å². The zero-order chi connectivity index (χ0) is 10.2. The number of likely N-dealkylation sites (N-methyl/N-ethyl adjacent to an activating group) is 1. The molecular formula is C10H18N2O2. The highest BCUT2D eigenvalue weighted by atomic mass is 16.4. The van der Waals surface area contributed by atoms with Gasteiger partial charge in [-0.25, -0.2) is 0 Å². The number of nitrogens with zero attached hydrogens (tertiary/aromatic N) is 2. The van der Waals surface area contributed by atoms with Crippen LogP contribution in [0.5, 0.6) is 0 Å². The van der Waals surface area contributed by atoms with Crippen molar-refractivity contribution in [3.8, 4) is 0 Å². The lowest BCUT2D eigenvalue weighted by Crippen LogP contribution is -2.73. The largest absolute Gasteiger partial charge is 0.480 e. The van der Waals surface area contributed by atoms with Crippen molar-refractivity contribution in [2.45, 2.75) is 24.8 Å². The Morgan fingerprint density at radius 3 is 2.21 bits per heavy atom. The molecule has 2 aliphatic heterocycles. The fraction of sp³-hybridized carbons (Fsp3) is 0.900. The molecule has 0 aromatic rings. The van der Waals surface area contributed by atoms with Crippen molar-refractivity contribution in [3.63, 3.8) is 0 Å². The minimum atomic E-state index is -0.641. The van der Waals surface area contributed by atoms with Crippen molar-refractivity contribution in [1.82, 2.24) is 9.80 Å². The lowest BCUT2D eigenvalue weighted by atomic mass is 9.86. The Hall–Kier alpha value is -0.610. The van der Waals surface area contributed by atoms with Crippen LogP contribution in [0.1, 0.15) is 19.3 Å². The van der Waals surface area contributed by atoms with Crippen LogP contribution in [-0.4, -0.2) is 59.6 Å². The van der Waals surface area contributed by atoms with Gasteiger partial charge in [-0.2, -0.15) is 0 Å². The van der Waals surface area contributed by atoms with E-state index in [1.165, 1.54) is 6.42 Å². The highest BCUT2D eigenvalue weighted by molar-refractivity contribution is 5.81. The average molecular weight is 198 g/mol. The first-order valence-electron chi connectivity index (χ1n) is 5.32. The number of rotatable bonds is 2. The molecular weight excluding hydrogens is 180 g/mol. The van der Waals surface area contributed by atoms with Crippen LogP contribution in [0.3, 0.4) is 0 Å². The molecule has 1 N–H and O–H groups in total. The number of carbonyl (C=O) groups is 1. The SMILES string of the molecule is CN1CC(C(=O)O)(N2CCCCC2)C1. The summed E-state index contributed by atoms with van der Waals surface area (Å²) >= 11 is 0. The number of carboxylic acids is 1. The van der Waals surface area contributed by atoms with Crippen molar-refractivity contribution in [3.05, 3.63) is 0 Å². The van der Waals surface area contributed by atoms with E-state index in [4.69, 9.17) is 0 Å². The van der Waals surface area contributed by atoms with E-state index in [9.17, 15) is 9.90 Å². The third-order valence-corrected chi connectivity index (χ3v) is 3.42. The summed E-state index contributed by atoms with van der Waals surface area (Å²) in [5, 5.41) is 9.29. The van der Waals surface area contributed by atoms with E-state index >= 15 is 0 Å². The van der Waals surface area contributed by atoms with Crippen LogP contribution in [-0.2, 0) is 4.79 Å². The zero-order valence-electron chi connectivity index (χ0n) is 8.70. The van der Waals surface area contributed by atoms with Crippen molar-refractivity contribution in [2.24, 2.45) is 0 Å². The number of hydrogen-bond donors (Lipinski definition) is 1.